The molecule has 0 aromatic heterocycles. The molecule has 0 spiro atoms. The number of hydrogen-bond donors (Lipinski definition) is 1. The van der Waals surface area contributed by atoms with Crippen LogP contribution in [-0.2, 0) is 4.74 Å². The maximum Gasteiger partial charge on any atom is 0.0466 e. The van der Waals surface area contributed by atoms with Gasteiger partial charge >= 0.3 is 0 Å². The van der Waals surface area contributed by atoms with E-state index in [1.54, 1.807) is 0 Å². The maximum atomic E-state index is 5.89. The molecule has 2 nitrogen and oxygen atoms in total. The van der Waals surface area contributed by atoms with E-state index in [0.717, 1.165) is 26.1 Å². The van der Waals surface area contributed by atoms with E-state index in [2.05, 4.69) is 6.92 Å². The summed E-state index contributed by atoms with van der Waals surface area (Å²) in [6, 6.07) is 0.394. The Kier molecular flexibility index (Phi) is 8.95. The van der Waals surface area contributed by atoms with E-state index in [-0.39, 0.29) is 0 Å². The molecule has 0 radical (unpaired) electrons. The summed E-state index contributed by atoms with van der Waals surface area (Å²) in [5.74, 6) is 0. The number of unbranched alkanes of at least 4 members (excludes halogenated alkanes) is 1. The van der Waals surface area contributed by atoms with Crippen LogP contribution < -0.4 is 5.73 Å². The van der Waals surface area contributed by atoms with Crippen molar-refractivity contribution in [2.24, 2.45) is 5.73 Å². The Balaban J connectivity index is 3.02. The lowest BCUT2D eigenvalue weighted by molar-refractivity contribution is 0.141. The van der Waals surface area contributed by atoms with Crippen LogP contribution in [0.5, 0.6) is 0 Å². The van der Waals surface area contributed by atoms with Gasteiger partial charge in [0.25, 0.3) is 0 Å². The van der Waals surface area contributed by atoms with Gasteiger partial charge in [-0.1, -0.05) is 19.8 Å². The molecule has 2 N–H and O–H groups in total. The predicted molar refractivity (Wildman–Crippen MR) is 53.2 cm³/mol. The zero-order chi connectivity index (χ0) is 9.23. The van der Waals surface area contributed by atoms with Gasteiger partial charge in [0.2, 0.25) is 0 Å². The van der Waals surface area contributed by atoms with Crippen molar-refractivity contribution in [2.45, 2.75) is 52.0 Å². The Bertz CT molecular complexity index is 85.9. The molecule has 0 heterocycles. The predicted octanol–water partition coefficient (Wildman–Crippen LogP) is 2.32. The van der Waals surface area contributed by atoms with Crippen LogP contribution in [0.2, 0.25) is 0 Å². The topological polar surface area (TPSA) is 35.2 Å². The molecule has 0 aliphatic rings. The third-order valence-corrected chi connectivity index (χ3v) is 2.00. The molecule has 1 atom stereocenters. The average molecular weight is 173 g/mol. The Hall–Kier alpha value is -0.0800. The highest BCUT2D eigenvalue weighted by atomic mass is 16.5. The fraction of sp³-hybridized carbons (Fsp3) is 1.00. The third kappa shape index (κ3) is 8.02. The van der Waals surface area contributed by atoms with Crippen molar-refractivity contribution in [1.29, 1.82) is 0 Å². The van der Waals surface area contributed by atoms with E-state index in [0.29, 0.717) is 6.04 Å². The van der Waals surface area contributed by atoms with Crippen LogP contribution in [0.25, 0.3) is 0 Å². The summed E-state index contributed by atoms with van der Waals surface area (Å²) < 4.78 is 5.23. The molecule has 0 saturated heterocycles. The second kappa shape index (κ2) is 9.01. The quantitative estimate of drug-likeness (QED) is 0.572. The molecule has 0 aromatic carbocycles. The number of rotatable bonds is 8. The van der Waals surface area contributed by atoms with Gasteiger partial charge in [0.1, 0.15) is 0 Å². The normalized spacial score (nSPS) is 13.2. The fourth-order valence-corrected chi connectivity index (χ4v) is 1.20. The monoisotopic (exact) mass is 173 g/mol. The largest absolute Gasteiger partial charge is 0.382 e. The van der Waals surface area contributed by atoms with Crippen LogP contribution in [0, 0.1) is 0 Å². The van der Waals surface area contributed by atoms with E-state index in [4.69, 9.17) is 10.5 Å². The standard InChI is InChI=1S/C10H23NO/c1-3-5-7-10(11)8-6-9-12-4-2/h10H,3-9,11H2,1-2H3. The molecule has 0 aliphatic carbocycles. The second-order valence-electron chi connectivity index (χ2n) is 3.24. The van der Waals surface area contributed by atoms with Crippen molar-refractivity contribution in [3.05, 3.63) is 0 Å². The molecule has 0 amide bonds. The average Bonchev–Trinajstić information content (AvgIpc) is 2.09. The molecular formula is C10H23NO. The summed E-state index contributed by atoms with van der Waals surface area (Å²) in [6.45, 7) is 5.92. The van der Waals surface area contributed by atoms with E-state index < -0.39 is 0 Å². The lowest BCUT2D eigenvalue weighted by atomic mass is 10.1. The van der Waals surface area contributed by atoms with Gasteiger partial charge in [-0.3, -0.25) is 0 Å². The minimum atomic E-state index is 0.394. The van der Waals surface area contributed by atoms with Gasteiger partial charge in [-0.15, -0.1) is 0 Å². The van der Waals surface area contributed by atoms with E-state index in [1.165, 1.54) is 19.3 Å². The van der Waals surface area contributed by atoms with E-state index in [1.807, 2.05) is 6.92 Å². The van der Waals surface area contributed by atoms with Crippen molar-refractivity contribution >= 4 is 0 Å². The molecular weight excluding hydrogens is 150 g/mol. The first-order valence-electron chi connectivity index (χ1n) is 5.14. The third-order valence-electron chi connectivity index (χ3n) is 2.00. The minimum Gasteiger partial charge on any atom is -0.382 e. The molecule has 0 aromatic rings. The summed E-state index contributed by atoms with van der Waals surface area (Å²) in [7, 11) is 0. The Morgan fingerprint density at radius 3 is 2.42 bits per heavy atom. The number of nitrogens with two attached hydrogens (primary N) is 1. The SMILES string of the molecule is CCCCC(N)CCCOCC. The van der Waals surface area contributed by atoms with Gasteiger partial charge in [-0.25, -0.2) is 0 Å². The maximum absolute atomic E-state index is 5.89. The molecule has 0 aliphatic heterocycles. The lowest BCUT2D eigenvalue weighted by Crippen LogP contribution is -2.20. The van der Waals surface area contributed by atoms with E-state index >= 15 is 0 Å². The van der Waals surface area contributed by atoms with Crippen molar-refractivity contribution in [1.82, 2.24) is 0 Å². The molecule has 0 bridgehead atoms. The molecule has 12 heavy (non-hydrogen) atoms. The van der Waals surface area contributed by atoms with Gasteiger partial charge in [0, 0.05) is 19.3 Å². The summed E-state index contributed by atoms with van der Waals surface area (Å²) in [5.41, 5.74) is 5.89. The van der Waals surface area contributed by atoms with Gasteiger partial charge in [0.05, 0.1) is 0 Å². The first-order chi connectivity index (χ1) is 5.81. The van der Waals surface area contributed by atoms with Crippen LogP contribution in [0.15, 0.2) is 0 Å². The first kappa shape index (κ1) is 11.9. The van der Waals surface area contributed by atoms with E-state index in [9.17, 15) is 0 Å². The van der Waals surface area contributed by atoms with Crippen LogP contribution in [0.3, 0.4) is 0 Å². The summed E-state index contributed by atoms with van der Waals surface area (Å²) in [5, 5.41) is 0. The summed E-state index contributed by atoms with van der Waals surface area (Å²) >= 11 is 0. The molecule has 1 unspecified atom stereocenters. The van der Waals surface area contributed by atoms with Gasteiger partial charge in [-0.05, 0) is 26.2 Å². The zero-order valence-electron chi connectivity index (χ0n) is 8.51. The Morgan fingerprint density at radius 2 is 1.83 bits per heavy atom. The number of ether oxygens (including phenoxy) is 1. The highest BCUT2D eigenvalue weighted by molar-refractivity contribution is 4.60. The lowest BCUT2D eigenvalue weighted by Gasteiger charge is -2.09. The highest BCUT2D eigenvalue weighted by Crippen LogP contribution is 2.04. The molecule has 0 saturated carbocycles. The smallest absolute Gasteiger partial charge is 0.0466 e. The molecule has 74 valence electrons. The van der Waals surface area contributed by atoms with Crippen LogP contribution in [-0.4, -0.2) is 19.3 Å². The van der Waals surface area contributed by atoms with Crippen LogP contribution in [0.1, 0.15) is 46.0 Å². The van der Waals surface area contributed by atoms with Crippen molar-refractivity contribution in [3.8, 4) is 0 Å². The Labute approximate surface area is 76.5 Å². The molecule has 0 fully saturated rings. The number of hydrogen-bond acceptors (Lipinski definition) is 2. The van der Waals surface area contributed by atoms with Gasteiger partial charge < -0.3 is 10.5 Å². The van der Waals surface area contributed by atoms with Crippen molar-refractivity contribution in [3.63, 3.8) is 0 Å². The minimum absolute atomic E-state index is 0.394. The highest BCUT2D eigenvalue weighted by Gasteiger charge is 2.00. The van der Waals surface area contributed by atoms with Crippen LogP contribution in [0.4, 0.5) is 0 Å². The van der Waals surface area contributed by atoms with Gasteiger partial charge in [-0.2, -0.15) is 0 Å². The molecule has 2 heteroatoms. The first-order valence-corrected chi connectivity index (χ1v) is 5.14. The second-order valence-corrected chi connectivity index (χ2v) is 3.24. The summed E-state index contributed by atoms with van der Waals surface area (Å²) in [6.07, 6.45) is 5.90. The van der Waals surface area contributed by atoms with Crippen LogP contribution >= 0.6 is 0 Å². The Morgan fingerprint density at radius 1 is 1.17 bits per heavy atom. The van der Waals surface area contributed by atoms with Crippen molar-refractivity contribution in [2.75, 3.05) is 13.2 Å². The van der Waals surface area contributed by atoms with Crippen molar-refractivity contribution < 1.29 is 4.74 Å². The van der Waals surface area contributed by atoms with Gasteiger partial charge in [0.15, 0.2) is 0 Å². The zero-order valence-corrected chi connectivity index (χ0v) is 8.51. The summed E-state index contributed by atoms with van der Waals surface area (Å²) in [4.78, 5) is 0. The fourth-order valence-electron chi connectivity index (χ4n) is 1.20. The molecule has 0 rings (SSSR count).